The molecule has 0 aliphatic carbocycles. The fourth-order valence-corrected chi connectivity index (χ4v) is 8.31. The minimum atomic E-state index is -3.72. The molecule has 0 unspecified atom stereocenters. The lowest BCUT2D eigenvalue weighted by Crippen LogP contribution is -2.35. The van der Waals surface area contributed by atoms with E-state index >= 15 is 0 Å². The number of hydrogen-bond acceptors (Lipinski definition) is 7. The number of nitrogens with zero attached hydrogens (tertiary/aromatic N) is 2. The van der Waals surface area contributed by atoms with Gasteiger partial charge in [-0.1, -0.05) is 54.6 Å². The first kappa shape index (κ1) is 28.3. The Morgan fingerprint density at radius 1 is 0.881 bits per heavy atom. The molecule has 0 atom stereocenters. The number of carbonyl (C=O) groups excluding carboxylic acids is 2. The molecule has 0 saturated carbocycles. The van der Waals surface area contributed by atoms with Crippen molar-refractivity contribution in [1.82, 2.24) is 9.21 Å². The lowest BCUT2D eigenvalue weighted by Gasteiger charge is -2.28. The number of hydrogen-bond donors (Lipinski definition) is 1. The molecule has 2 aliphatic heterocycles. The van der Waals surface area contributed by atoms with Crippen LogP contribution in [-0.2, 0) is 47.2 Å². The van der Waals surface area contributed by atoms with E-state index in [-0.39, 0.29) is 4.90 Å². The number of ether oxygens (including phenoxy) is 1. The zero-order valence-corrected chi connectivity index (χ0v) is 24.8. The Hall–Kier alpha value is -3.83. The van der Waals surface area contributed by atoms with Crippen molar-refractivity contribution in [3.8, 4) is 0 Å². The highest BCUT2D eigenvalue weighted by Crippen LogP contribution is 2.38. The third-order valence-corrected chi connectivity index (χ3v) is 10.8. The van der Waals surface area contributed by atoms with Gasteiger partial charge in [-0.2, -0.15) is 4.31 Å². The molecule has 4 aromatic rings. The normalized spacial score (nSPS) is 15.5. The van der Waals surface area contributed by atoms with E-state index in [0.717, 1.165) is 29.1 Å². The van der Waals surface area contributed by atoms with Gasteiger partial charge in [-0.15, -0.1) is 11.3 Å². The molecule has 6 rings (SSSR count). The average molecular weight is 602 g/mol. The summed E-state index contributed by atoms with van der Waals surface area (Å²) in [7, 11) is -2.38. The maximum atomic E-state index is 13.3. The van der Waals surface area contributed by atoms with Crippen molar-refractivity contribution in [3.63, 3.8) is 0 Å². The molecule has 1 amide bonds. The number of esters is 1. The van der Waals surface area contributed by atoms with Crippen LogP contribution in [0.4, 0.5) is 5.00 Å². The number of thiophene rings is 1. The zero-order chi connectivity index (χ0) is 29.3. The molecule has 0 saturated heterocycles. The molecule has 0 fully saturated rings. The van der Waals surface area contributed by atoms with E-state index in [1.54, 1.807) is 0 Å². The number of anilines is 1. The Morgan fingerprint density at radius 3 is 2.33 bits per heavy atom. The van der Waals surface area contributed by atoms with Crippen molar-refractivity contribution in [2.24, 2.45) is 0 Å². The topological polar surface area (TPSA) is 96.0 Å². The monoisotopic (exact) mass is 601 g/mol. The van der Waals surface area contributed by atoms with Crippen molar-refractivity contribution >= 4 is 38.2 Å². The number of methoxy groups -OCH3 is 1. The molecule has 1 aromatic heterocycles. The SMILES string of the molecule is COC(=O)c1c(NC(=O)c2ccc(S(=O)(=O)N3CCc4ccccc4C3)cc2)sc2c1CCN(Cc1ccccc1)C2. The summed E-state index contributed by atoms with van der Waals surface area (Å²) in [4.78, 5) is 29.5. The molecular formula is C32H31N3O5S2. The van der Waals surface area contributed by atoms with Gasteiger partial charge in [-0.3, -0.25) is 9.69 Å². The highest BCUT2D eigenvalue weighted by Gasteiger charge is 2.31. The third kappa shape index (κ3) is 5.63. The van der Waals surface area contributed by atoms with Crippen LogP contribution in [0.1, 0.15) is 47.8 Å². The molecule has 0 spiro atoms. The maximum absolute atomic E-state index is 13.3. The quantitative estimate of drug-likeness (QED) is 0.297. The fourth-order valence-electron chi connectivity index (χ4n) is 5.62. The van der Waals surface area contributed by atoms with Crippen LogP contribution in [0.3, 0.4) is 0 Å². The summed E-state index contributed by atoms with van der Waals surface area (Å²) in [5.74, 6) is -0.903. The van der Waals surface area contributed by atoms with Gasteiger partial charge in [0.25, 0.3) is 5.91 Å². The van der Waals surface area contributed by atoms with E-state index in [4.69, 9.17) is 4.74 Å². The Bertz CT molecular complexity index is 1730. The number of carbonyl (C=O) groups is 2. The predicted molar refractivity (Wildman–Crippen MR) is 162 cm³/mol. The maximum Gasteiger partial charge on any atom is 0.341 e. The van der Waals surface area contributed by atoms with Gasteiger partial charge in [0, 0.05) is 43.2 Å². The minimum Gasteiger partial charge on any atom is -0.465 e. The Morgan fingerprint density at radius 2 is 1.60 bits per heavy atom. The molecule has 42 heavy (non-hydrogen) atoms. The number of rotatable bonds is 7. The first-order valence-electron chi connectivity index (χ1n) is 13.8. The van der Waals surface area contributed by atoms with E-state index in [2.05, 4.69) is 22.3 Å². The predicted octanol–water partition coefficient (Wildman–Crippen LogP) is 5.09. The highest BCUT2D eigenvalue weighted by molar-refractivity contribution is 7.89. The molecule has 8 nitrogen and oxygen atoms in total. The van der Waals surface area contributed by atoms with Crippen LogP contribution < -0.4 is 5.32 Å². The number of benzene rings is 3. The molecule has 3 heterocycles. The van der Waals surface area contributed by atoms with Crippen LogP contribution in [0.2, 0.25) is 0 Å². The van der Waals surface area contributed by atoms with Crippen molar-refractivity contribution in [1.29, 1.82) is 0 Å². The van der Waals surface area contributed by atoms with E-state index < -0.39 is 21.9 Å². The smallest absolute Gasteiger partial charge is 0.341 e. The lowest BCUT2D eigenvalue weighted by atomic mass is 10.0. The van der Waals surface area contributed by atoms with E-state index in [1.807, 2.05) is 42.5 Å². The Labute approximate surface area is 249 Å². The molecule has 10 heteroatoms. The van der Waals surface area contributed by atoms with Gasteiger partial charge in [0.15, 0.2) is 0 Å². The fraction of sp³-hybridized carbons (Fsp3) is 0.250. The van der Waals surface area contributed by atoms with Gasteiger partial charge in [-0.25, -0.2) is 13.2 Å². The van der Waals surface area contributed by atoms with Crippen molar-refractivity contribution < 1.29 is 22.7 Å². The van der Waals surface area contributed by atoms with Crippen molar-refractivity contribution in [3.05, 3.63) is 117 Å². The number of sulfonamides is 1. The van der Waals surface area contributed by atoms with Gasteiger partial charge < -0.3 is 10.1 Å². The molecule has 0 radical (unpaired) electrons. The van der Waals surface area contributed by atoms with Crippen molar-refractivity contribution in [2.75, 3.05) is 25.5 Å². The second-order valence-electron chi connectivity index (χ2n) is 10.5. The molecule has 0 bridgehead atoms. The number of fused-ring (bicyclic) bond motifs is 2. The molecule has 216 valence electrons. The zero-order valence-electron chi connectivity index (χ0n) is 23.2. The highest BCUT2D eigenvalue weighted by atomic mass is 32.2. The Balaban J connectivity index is 1.18. The molecule has 3 aromatic carbocycles. The summed E-state index contributed by atoms with van der Waals surface area (Å²) in [6.07, 6.45) is 1.33. The van der Waals surface area contributed by atoms with Crippen LogP contribution in [-0.4, -0.2) is 49.7 Å². The second kappa shape index (κ2) is 11.8. The van der Waals surface area contributed by atoms with Crippen LogP contribution in [0.15, 0.2) is 83.8 Å². The second-order valence-corrected chi connectivity index (χ2v) is 13.5. The summed E-state index contributed by atoms with van der Waals surface area (Å²) < 4.78 is 33.2. The summed E-state index contributed by atoms with van der Waals surface area (Å²) in [6.45, 7) is 2.98. The number of nitrogens with one attached hydrogen (secondary N) is 1. The number of amides is 1. The third-order valence-electron chi connectivity index (χ3n) is 7.85. The molecular weight excluding hydrogens is 571 g/mol. The average Bonchev–Trinajstić information content (AvgIpc) is 3.37. The van der Waals surface area contributed by atoms with E-state index in [0.29, 0.717) is 48.6 Å². The van der Waals surface area contributed by atoms with E-state index in [9.17, 15) is 18.0 Å². The summed E-state index contributed by atoms with van der Waals surface area (Å²) in [6, 6.07) is 24.0. The van der Waals surface area contributed by atoms with Gasteiger partial charge in [0.05, 0.1) is 17.6 Å². The summed E-state index contributed by atoms with van der Waals surface area (Å²) in [5.41, 5.74) is 5.00. The summed E-state index contributed by atoms with van der Waals surface area (Å²) in [5, 5.41) is 3.34. The van der Waals surface area contributed by atoms with Crippen LogP contribution in [0.25, 0.3) is 0 Å². The van der Waals surface area contributed by atoms with Crippen LogP contribution >= 0.6 is 11.3 Å². The lowest BCUT2D eigenvalue weighted by molar-refractivity contribution is 0.0600. The van der Waals surface area contributed by atoms with Crippen molar-refractivity contribution in [2.45, 2.75) is 37.4 Å². The molecule has 1 N–H and O–H groups in total. The van der Waals surface area contributed by atoms with Crippen LogP contribution in [0.5, 0.6) is 0 Å². The summed E-state index contributed by atoms with van der Waals surface area (Å²) >= 11 is 1.39. The standard InChI is InChI=1S/C32H31N3O5S2/c1-40-32(37)29-27-16-17-34(19-22-7-3-2-4-8-22)21-28(27)41-31(29)33-30(36)24-11-13-26(14-12-24)42(38,39)35-18-15-23-9-5-6-10-25(23)20-35/h2-14H,15-21H2,1H3,(H,33,36). The largest absolute Gasteiger partial charge is 0.465 e. The van der Waals surface area contributed by atoms with Gasteiger partial charge in [0.1, 0.15) is 5.00 Å². The van der Waals surface area contributed by atoms with Gasteiger partial charge >= 0.3 is 5.97 Å². The molecule has 2 aliphatic rings. The minimum absolute atomic E-state index is 0.138. The van der Waals surface area contributed by atoms with Gasteiger partial charge in [0.2, 0.25) is 10.0 Å². The van der Waals surface area contributed by atoms with E-state index in [1.165, 1.54) is 58.1 Å². The Kier molecular flexibility index (Phi) is 7.96. The first-order valence-corrected chi connectivity index (χ1v) is 16.1. The van der Waals surface area contributed by atoms with Crippen LogP contribution in [0, 0.1) is 0 Å². The first-order chi connectivity index (χ1) is 20.3. The van der Waals surface area contributed by atoms with Gasteiger partial charge in [-0.05, 0) is 59.4 Å².